The van der Waals surface area contributed by atoms with Crippen LogP contribution in [0.3, 0.4) is 0 Å². The average molecular weight is 302 g/mol. The summed E-state index contributed by atoms with van der Waals surface area (Å²) < 4.78 is 13.8. The molecule has 0 atom stereocenters. The van der Waals surface area contributed by atoms with Crippen LogP contribution in [0.25, 0.3) is 11.1 Å². The third-order valence-electron chi connectivity index (χ3n) is 4.06. The van der Waals surface area contributed by atoms with E-state index in [2.05, 4.69) is 55.2 Å². The van der Waals surface area contributed by atoms with E-state index in [0.717, 1.165) is 23.1 Å². The molecule has 23 heavy (non-hydrogen) atoms. The Labute approximate surface area is 137 Å². The second kappa shape index (κ2) is 6.67. The highest BCUT2D eigenvalue weighted by Gasteiger charge is 2.08. The molecule has 1 aliphatic rings. The van der Waals surface area contributed by atoms with Crippen LogP contribution in [0, 0.1) is 18.8 Å². The van der Waals surface area contributed by atoms with Crippen LogP contribution in [0.15, 0.2) is 71.6 Å². The van der Waals surface area contributed by atoms with Crippen molar-refractivity contribution in [3.63, 3.8) is 0 Å². The van der Waals surface area contributed by atoms with Gasteiger partial charge in [0, 0.05) is 11.1 Å². The zero-order valence-corrected chi connectivity index (χ0v) is 13.5. The van der Waals surface area contributed by atoms with Crippen LogP contribution in [-0.2, 0) is 0 Å². The van der Waals surface area contributed by atoms with Crippen molar-refractivity contribution in [1.29, 1.82) is 0 Å². The fraction of sp³-hybridized carbons (Fsp3) is 0.182. The summed E-state index contributed by atoms with van der Waals surface area (Å²) in [6.45, 7) is 4.03. The lowest BCUT2D eigenvalue weighted by Crippen LogP contribution is -1.93. The van der Waals surface area contributed by atoms with Crippen LogP contribution in [0.2, 0.25) is 0 Å². The molecule has 2 aromatic rings. The van der Waals surface area contributed by atoms with Crippen LogP contribution in [-0.4, -0.2) is 0 Å². The van der Waals surface area contributed by atoms with Crippen molar-refractivity contribution in [2.24, 2.45) is 0 Å². The van der Waals surface area contributed by atoms with E-state index in [9.17, 15) is 4.39 Å². The molecule has 0 aromatic heterocycles. The van der Waals surface area contributed by atoms with Crippen LogP contribution in [0.1, 0.15) is 30.9 Å². The molecule has 0 aliphatic heterocycles. The topological polar surface area (TPSA) is 0 Å². The Morgan fingerprint density at radius 2 is 1.39 bits per heavy atom. The predicted molar refractivity (Wildman–Crippen MR) is 94.6 cm³/mol. The van der Waals surface area contributed by atoms with Gasteiger partial charge in [0.05, 0.1) is 0 Å². The molecule has 0 nitrogen and oxygen atoms in total. The summed E-state index contributed by atoms with van der Waals surface area (Å²) in [5, 5.41) is 0. The molecule has 0 saturated heterocycles. The summed E-state index contributed by atoms with van der Waals surface area (Å²) in [6.07, 6.45) is 3.18. The number of hydrogen-bond donors (Lipinski definition) is 0. The molecule has 2 aromatic carbocycles. The standard InChI is InChI=1S/C22H19F/c1-16-3-9-19(10-4-16)20-12-6-18(7-13-20)8-14-21-11-5-17(2)15-22(21)23/h3-4,6-7,9-10,12-13,15H,5,11H2,1-2H3. The Bertz CT molecular complexity index is 822. The number of aryl methyl sites for hydroxylation is 1. The maximum Gasteiger partial charge on any atom is 0.134 e. The first kappa shape index (κ1) is 15.3. The molecule has 0 saturated carbocycles. The fourth-order valence-corrected chi connectivity index (χ4v) is 2.58. The fourth-order valence-electron chi connectivity index (χ4n) is 2.58. The van der Waals surface area contributed by atoms with Crippen molar-refractivity contribution >= 4 is 0 Å². The number of rotatable bonds is 1. The Morgan fingerprint density at radius 3 is 2.00 bits per heavy atom. The van der Waals surface area contributed by atoms with Crippen molar-refractivity contribution in [1.82, 2.24) is 0 Å². The van der Waals surface area contributed by atoms with E-state index < -0.39 is 0 Å². The minimum atomic E-state index is -0.183. The molecule has 0 fully saturated rings. The van der Waals surface area contributed by atoms with Crippen molar-refractivity contribution < 1.29 is 4.39 Å². The molecule has 3 rings (SSSR count). The van der Waals surface area contributed by atoms with E-state index in [4.69, 9.17) is 0 Å². The smallest absolute Gasteiger partial charge is 0.134 e. The van der Waals surface area contributed by atoms with E-state index >= 15 is 0 Å². The normalized spacial score (nSPS) is 14.1. The van der Waals surface area contributed by atoms with Gasteiger partial charge in [-0.15, -0.1) is 0 Å². The van der Waals surface area contributed by atoms with E-state index in [0.29, 0.717) is 12.0 Å². The number of benzene rings is 2. The highest BCUT2D eigenvalue weighted by molar-refractivity contribution is 5.64. The number of halogens is 1. The molecule has 0 amide bonds. The summed E-state index contributed by atoms with van der Waals surface area (Å²) in [7, 11) is 0. The van der Waals surface area contributed by atoms with Gasteiger partial charge in [-0.2, -0.15) is 0 Å². The Hall–Kier alpha value is -2.59. The zero-order chi connectivity index (χ0) is 16.2. The molecule has 1 heteroatoms. The van der Waals surface area contributed by atoms with Gasteiger partial charge in [0.25, 0.3) is 0 Å². The van der Waals surface area contributed by atoms with E-state index in [1.807, 2.05) is 19.1 Å². The Kier molecular flexibility index (Phi) is 4.44. The molecule has 0 heterocycles. The van der Waals surface area contributed by atoms with Gasteiger partial charge in [0.15, 0.2) is 0 Å². The van der Waals surface area contributed by atoms with Crippen LogP contribution in [0.4, 0.5) is 4.39 Å². The van der Waals surface area contributed by atoms with Gasteiger partial charge in [-0.1, -0.05) is 59.4 Å². The molecular weight excluding hydrogens is 283 g/mol. The third-order valence-corrected chi connectivity index (χ3v) is 4.06. The van der Waals surface area contributed by atoms with Crippen molar-refractivity contribution in [2.45, 2.75) is 26.7 Å². The van der Waals surface area contributed by atoms with E-state index in [1.54, 1.807) is 6.08 Å². The van der Waals surface area contributed by atoms with Gasteiger partial charge in [-0.05, 0) is 56.0 Å². The van der Waals surface area contributed by atoms with Crippen molar-refractivity contribution in [3.05, 3.63) is 82.7 Å². The summed E-state index contributed by atoms with van der Waals surface area (Å²) in [5.74, 6) is 5.87. The molecule has 0 N–H and O–H groups in total. The third kappa shape index (κ3) is 3.79. The van der Waals surface area contributed by atoms with E-state index in [-0.39, 0.29) is 5.83 Å². The highest BCUT2D eigenvalue weighted by atomic mass is 19.1. The van der Waals surface area contributed by atoms with Gasteiger partial charge < -0.3 is 0 Å². The summed E-state index contributed by atoms with van der Waals surface area (Å²) in [6, 6.07) is 16.6. The average Bonchev–Trinajstić information content (AvgIpc) is 2.55. The van der Waals surface area contributed by atoms with Crippen LogP contribution >= 0.6 is 0 Å². The van der Waals surface area contributed by atoms with Gasteiger partial charge >= 0.3 is 0 Å². The maximum atomic E-state index is 13.8. The van der Waals surface area contributed by atoms with E-state index in [1.165, 1.54) is 11.1 Å². The van der Waals surface area contributed by atoms with Crippen LogP contribution in [0.5, 0.6) is 0 Å². The summed E-state index contributed by atoms with van der Waals surface area (Å²) >= 11 is 0. The molecule has 0 spiro atoms. The maximum absolute atomic E-state index is 13.8. The minimum absolute atomic E-state index is 0.183. The van der Waals surface area contributed by atoms with Gasteiger partial charge in [-0.25, -0.2) is 4.39 Å². The van der Waals surface area contributed by atoms with Crippen LogP contribution < -0.4 is 0 Å². The minimum Gasteiger partial charge on any atom is -0.206 e. The molecular formula is C22H19F. The zero-order valence-electron chi connectivity index (χ0n) is 13.5. The lowest BCUT2D eigenvalue weighted by molar-refractivity contribution is 0.638. The second-order valence-corrected chi connectivity index (χ2v) is 6.01. The quantitative estimate of drug-likeness (QED) is 0.569. The molecule has 114 valence electrons. The van der Waals surface area contributed by atoms with Crippen molar-refractivity contribution in [2.75, 3.05) is 0 Å². The summed E-state index contributed by atoms with van der Waals surface area (Å²) in [4.78, 5) is 0. The first-order valence-corrected chi connectivity index (χ1v) is 7.87. The Morgan fingerprint density at radius 1 is 0.783 bits per heavy atom. The molecule has 1 aliphatic carbocycles. The SMILES string of the molecule is CC1=CC(F)=C(C#Cc2ccc(-c3ccc(C)cc3)cc2)CC1. The number of hydrogen-bond acceptors (Lipinski definition) is 0. The monoisotopic (exact) mass is 302 g/mol. The van der Waals surface area contributed by atoms with Gasteiger partial charge in [-0.3, -0.25) is 0 Å². The first-order valence-electron chi connectivity index (χ1n) is 7.87. The largest absolute Gasteiger partial charge is 0.206 e. The van der Waals surface area contributed by atoms with Gasteiger partial charge in [0.1, 0.15) is 5.83 Å². The molecule has 0 bridgehead atoms. The Balaban J connectivity index is 1.80. The first-order chi connectivity index (χ1) is 11.1. The number of allylic oxidation sites excluding steroid dienone is 4. The lowest BCUT2D eigenvalue weighted by Gasteiger charge is -2.08. The van der Waals surface area contributed by atoms with Gasteiger partial charge in [0.2, 0.25) is 0 Å². The van der Waals surface area contributed by atoms with Crippen molar-refractivity contribution in [3.8, 4) is 23.0 Å². The predicted octanol–water partition coefficient (Wildman–Crippen LogP) is 5.98. The molecule has 0 unspecified atom stereocenters. The summed E-state index contributed by atoms with van der Waals surface area (Å²) in [5.41, 5.74) is 6.21. The highest BCUT2D eigenvalue weighted by Crippen LogP contribution is 2.24. The lowest BCUT2D eigenvalue weighted by atomic mass is 9.98. The molecule has 0 radical (unpaired) electrons. The second-order valence-electron chi connectivity index (χ2n) is 6.01.